The van der Waals surface area contributed by atoms with Crippen molar-refractivity contribution in [3.8, 4) is 0 Å². The Balaban J connectivity index is 0.00000841. The highest BCUT2D eigenvalue weighted by Crippen LogP contribution is 2.28. The smallest absolute Gasteiger partial charge is 0.331 e. The molecule has 0 heterocycles. The van der Waals surface area contributed by atoms with Crippen LogP contribution in [0.4, 0.5) is 0 Å². The molecule has 0 amide bonds. The third kappa shape index (κ3) is 13.0. The van der Waals surface area contributed by atoms with Crippen molar-refractivity contribution in [1.29, 1.82) is 0 Å². The Hall–Kier alpha value is -2.35. The molecular weight excluding hydrogens is 416 g/mol. The largest absolute Gasteiger partial charge is 1.00 e. The Labute approximate surface area is 183 Å². The van der Waals surface area contributed by atoms with Gasteiger partial charge < -0.3 is 31.4 Å². The zero-order chi connectivity index (χ0) is 21.5. The van der Waals surface area contributed by atoms with Gasteiger partial charge in [0.2, 0.25) is 0 Å². The van der Waals surface area contributed by atoms with E-state index in [9.17, 15) is 19.2 Å². The van der Waals surface area contributed by atoms with Crippen molar-refractivity contribution in [3.05, 3.63) is 24.3 Å². The molecular formula is C21H30ClO8-. The lowest BCUT2D eigenvalue weighted by Gasteiger charge is -2.26. The number of carbonyl (C=O) groups excluding carboxylic acids is 4. The van der Waals surface area contributed by atoms with Crippen molar-refractivity contribution >= 4 is 23.9 Å². The number of rotatable bonds is 11. The quantitative estimate of drug-likeness (QED) is 0.241. The summed E-state index contributed by atoms with van der Waals surface area (Å²) in [4.78, 5) is 46.3. The topological polar surface area (TPSA) is 105 Å². The fraction of sp³-hybridized carbons (Fsp3) is 0.619. The minimum Gasteiger partial charge on any atom is -1.00 e. The number of hydrogen-bond donors (Lipinski definition) is 0. The second-order valence-electron chi connectivity index (χ2n) is 6.60. The second-order valence-corrected chi connectivity index (χ2v) is 6.60. The Morgan fingerprint density at radius 1 is 0.767 bits per heavy atom. The molecule has 1 aliphatic rings. The number of esters is 4. The lowest BCUT2D eigenvalue weighted by Crippen LogP contribution is -3.00. The summed E-state index contributed by atoms with van der Waals surface area (Å²) in [6.45, 7) is 3.59. The van der Waals surface area contributed by atoms with E-state index in [1.54, 1.807) is 13.8 Å². The van der Waals surface area contributed by atoms with Crippen LogP contribution in [0.15, 0.2) is 24.3 Å². The van der Waals surface area contributed by atoms with E-state index in [1.807, 2.05) is 0 Å². The zero-order valence-corrected chi connectivity index (χ0v) is 18.2. The van der Waals surface area contributed by atoms with Crippen molar-refractivity contribution in [3.63, 3.8) is 0 Å². The summed E-state index contributed by atoms with van der Waals surface area (Å²) in [5, 5.41) is 0. The highest BCUT2D eigenvalue weighted by molar-refractivity contribution is 5.92. The van der Waals surface area contributed by atoms with Gasteiger partial charge in [0, 0.05) is 24.3 Å². The lowest BCUT2D eigenvalue weighted by atomic mass is 9.85. The van der Waals surface area contributed by atoms with Crippen LogP contribution in [0.1, 0.15) is 52.4 Å². The molecule has 0 radical (unpaired) electrons. The summed E-state index contributed by atoms with van der Waals surface area (Å²) in [5.41, 5.74) is 0. The van der Waals surface area contributed by atoms with Crippen LogP contribution >= 0.6 is 0 Å². The number of carbonyl (C=O) groups is 4. The molecule has 1 rings (SSSR count). The summed E-state index contributed by atoms with van der Waals surface area (Å²) >= 11 is 0. The first kappa shape index (κ1) is 27.6. The van der Waals surface area contributed by atoms with E-state index in [4.69, 9.17) is 14.2 Å². The highest BCUT2D eigenvalue weighted by Gasteiger charge is 2.22. The van der Waals surface area contributed by atoms with Gasteiger partial charge in [-0.25, -0.2) is 19.2 Å². The van der Waals surface area contributed by atoms with Crippen LogP contribution < -0.4 is 12.4 Å². The summed E-state index contributed by atoms with van der Waals surface area (Å²) in [5.74, 6) is -2.34. The lowest BCUT2D eigenvalue weighted by molar-refractivity contribution is -0.154. The van der Waals surface area contributed by atoms with Gasteiger partial charge in [-0.2, -0.15) is 0 Å². The van der Waals surface area contributed by atoms with Gasteiger partial charge in [0.25, 0.3) is 0 Å². The van der Waals surface area contributed by atoms with Gasteiger partial charge in [-0.1, -0.05) is 32.1 Å². The molecule has 0 saturated heterocycles. The van der Waals surface area contributed by atoms with Gasteiger partial charge in [-0.05, 0) is 26.2 Å². The number of halogens is 1. The average molecular weight is 446 g/mol. The molecule has 1 atom stereocenters. The Kier molecular flexibility index (Phi) is 15.2. The van der Waals surface area contributed by atoms with Crippen LogP contribution in [0.3, 0.4) is 0 Å². The summed E-state index contributed by atoms with van der Waals surface area (Å²) in [6.07, 6.45) is 9.36. The molecule has 30 heavy (non-hydrogen) atoms. The van der Waals surface area contributed by atoms with Gasteiger partial charge in [-0.15, -0.1) is 0 Å². The third-order valence-electron chi connectivity index (χ3n) is 4.30. The van der Waals surface area contributed by atoms with Crippen molar-refractivity contribution in [2.24, 2.45) is 5.92 Å². The molecule has 8 nitrogen and oxygen atoms in total. The normalized spacial score (nSPS) is 15.3. The molecule has 0 aliphatic heterocycles. The molecule has 0 aromatic heterocycles. The average Bonchev–Trinajstić information content (AvgIpc) is 2.70. The van der Waals surface area contributed by atoms with E-state index in [2.05, 4.69) is 4.74 Å². The van der Waals surface area contributed by atoms with Gasteiger partial charge in [0.15, 0.2) is 0 Å². The third-order valence-corrected chi connectivity index (χ3v) is 4.30. The molecule has 1 aliphatic carbocycles. The van der Waals surface area contributed by atoms with E-state index in [1.165, 1.54) is 6.42 Å². The number of hydrogen-bond acceptors (Lipinski definition) is 8. The molecule has 0 spiro atoms. The monoisotopic (exact) mass is 445 g/mol. The van der Waals surface area contributed by atoms with Crippen LogP contribution in [0.5, 0.6) is 0 Å². The van der Waals surface area contributed by atoms with Gasteiger partial charge >= 0.3 is 23.9 Å². The molecule has 170 valence electrons. The summed E-state index contributed by atoms with van der Waals surface area (Å²) in [7, 11) is 0. The Bertz CT molecular complexity index is 608. The minimum absolute atomic E-state index is 0. The Morgan fingerprint density at radius 2 is 1.23 bits per heavy atom. The van der Waals surface area contributed by atoms with E-state index in [0.29, 0.717) is 12.3 Å². The predicted molar refractivity (Wildman–Crippen MR) is 104 cm³/mol. The fourth-order valence-corrected chi connectivity index (χ4v) is 3.02. The zero-order valence-electron chi connectivity index (χ0n) is 17.5. The van der Waals surface area contributed by atoms with Crippen LogP contribution in [0.25, 0.3) is 0 Å². The van der Waals surface area contributed by atoms with Gasteiger partial charge in [0.05, 0.1) is 13.2 Å². The van der Waals surface area contributed by atoms with Crippen molar-refractivity contribution in [1.82, 2.24) is 0 Å². The van der Waals surface area contributed by atoms with Gasteiger partial charge in [-0.3, -0.25) is 0 Å². The first-order valence-corrected chi connectivity index (χ1v) is 10.0. The SMILES string of the molecule is CCOC(=O)/C=C/C(=O)OCC(CC1CCCCC1)OC(=O)/C=C/C(=O)OCC.[Cl-]. The Morgan fingerprint density at radius 3 is 1.73 bits per heavy atom. The first-order chi connectivity index (χ1) is 13.9. The maximum atomic E-state index is 12.0. The maximum absolute atomic E-state index is 12.0. The molecule has 0 aromatic carbocycles. The fourth-order valence-electron chi connectivity index (χ4n) is 3.02. The highest BCUT2D eigenvalue weighted by atomic mass is 35.5. The molecule has 0 N–H and O–H groups in total. The van der Waals surface area contributed by atoms with Crippen LogP contribution in [-0.4, -0.2) is 49.8 Å². The standard InChI is InChI=1S/C21H30O8.ClH/c1-3-26-18(22)10-11-20(24)28-15-17(14-16-8-6-5-7-9-16)29-21(25)13-12-19(23)27-4-2;/h10-13,16-17H,3-9,14-15H2,1-2H3;1H/p-1/b11-10+,13-12+;. The van der Waals surface area contributed by atoms with E-state index in [0.717, 1.165) is 50.0 Å². The minimum atomic E-state index is -0.732. The van der Waals surface area contributed by atoms with E-state index < -0.39 is 30.0 Å². The second kappa shape index (κ2) is 16.4. The van der Waals surface area contributed by atoms with E-state index >= 15 is 0 Å². The van der Waals surface area contributed by atoms with Crippen LogP contribution in [-0.2, 0) is 38.1 Å². The maximum Gasteiger partial charge on any atom is 0.331 e. The van der Waals surface area contributed by atoms with E-state index in [-0.39, 0.29) is 32.2 Å². The molecule has 1 unspecified atom stereocenters. The molecule has 9 heteroatoms. The molecule has 1 saturated carbocycles. The number of ether oxygens (including phenoxy) is 4. The van der Waals surface area contributed by atoms with Crippen LogP contribution in [0, 0.1) is 5.92 Å². The summed E-state index contributed by atoms with van der Waals surface area (Å²) in [6, 6.07) is 0. The van der Waals surface area contributed by atoms with Gasteiger partial charge in [0.1, 0.15) is 12.7 Å². The summed E-state index contributed by atoms with van der Waals surface area (Å²) < 4.78 is 19.9. The van der Waals surface area contributed by atoms with Crippen molar-refractivity contribution in [2.75, 3.05) is 19.8 Å². The molecule has 0 bridgehead atoms. The van der Waals surface area contributed by atoms with Crippen molar-refractivity contribution in [2.45, 2.75) is 58.5 Å². The van der Waals surface area contributed by atoms with Crippen molar-refractivity contribution < 1.29 is 50.5 Å². The first-order valence-electron chi connectivity index (χ1n) is 10.0. The molecule has 0 aromatic rings. The molecule has 1 fully saturated rings. The predicted octanol–water partition coefficient (Wildman–Crippen LogP) is -0.346. The van der Waals surface area contributed by atoms with Crippen LogP contribution in [0.2, 0.25) is 0 Å².